The van der Waals surface area contributed by atoms with Crippen LogP contribution in [0.15, 0.2) is 53.4 Å². The summed E-state index contributed by atoms with van der Waals surface area (Å²) in [5, 5.41) is 2.70. The van der Waals surface area contributed by atoms with Gasteiger partial charge in [0.2, 0.25) is 5.91 Å². The normalized spacial score (nSPS) is 13.6. The highest BCUT2D eigenvalue weighted by molar-refractivity contribution is 8.00. The van der Waals surface area contributed by atoms with Crippen molar-refractivity contribution in [1.82, 2.24) is 0 Å². The molecule has 0 saturated carbocycles. The predicted molar refractivity (Wildman–Crippen MR) is 114 cm³/mol. The molecule has 2 aromatic rings. The quantitative estimate of drug-likeness (QED) is 0.760. The number of carbonyl (C=O) groups excluding carboxylic acids is 3. The van der Waals surface area contributed by atoms with Crippen molar-refractivity contribution in [1.29, 1.82) is 0 Å². The Balaban J connectivity index is 1.52. The highest BCUT2D eigenvalue weighted by Crippen LogP contribution is 2.34. The number of hydrogen-bond donors (Lipinski definition) is 1. The van der Waals surface area contributed by atoms with Crippen molar-refractivity contribution in [2.75, 3.05) is 29.1 Å². The number of ether oxygens (including phenoxy) is 1. The molecule has 1 N–H and O–H groups in total. The van der Waals surface area contributed by atoms with Gasteiger partial charge in [-0.05, 0) is 35.2 Å². The maximum Gasteiger partial charge on any atom is 0.326 e. The average Bonchev–Trinajstić information content (AvgIpc) is 2.68. The number of fused-ring (bicyclic) bond motifs is 1. The maximum absolute atomic E-state index is 12.2. The van der Waals surface area contributed by atoms with Crippen LogP contribution in [0.3, 0.4) is 0 Å². The zero-order chi connectivity index (χ0) is 21.0. The standard InChI is InChI=1S/C22H24N2O4S/c1-22(2,3)15-8-10-16(11-9-15)23-19(25)13-28-21(27)12-24-17-6-4-5-7-18(17)29-14-20(24)26/h4-11H,12-14H2,1-3H3,(H,23,25). The molecule has 0 unspecified atom stereocenters. The summed E-state index contributed by atoms with van der Waals surface area (Å²) in [4.78, 5) is 38.8. The zero-order valence-corrected chi connectivity index (χ0v) is 17.5. The van der Waals surface area contributed by atoms with Crippen molar-refractivity contribution in [2.24, 2.45) is 0 Å². The fourth-order valence-electron chi connectivity index (χ4n) is 2.90. The van der Waals surface area contributed by atoms with E-state index in [9.17, 15) is 14.4 Å². The molecule has 0 bridgehead atoms. The number of para-hydroxylation sites is 1. The van der Waals surface area contributed by atoms with E-state index in [2.05, 4.69) is 26.1 Å². The Kier molecular flexibility index (Phi) is 6.27. The lowest BCUT2D eigenvalue weighted by Crippen LogP contribution is -2.40. The van der Waals surface area contributed by atoms with Gasteiger partial charge >= 0.3 is 5.97 Å². The molecule has 29 heavy (non-hydrogen) atoms. The molecule has 0 radical (unpaired) electrons. The molecule has 1 aliphatic rings. The SMILES string of the molecule is CC(C)(C)c1ccc(NC(=O)COC(=O)CN2C(=O)CSc3ccccc32)cc1. The number of nitrogens with zero attached hydrogens (tertiary/aromatic N) is 1. The topological polar surface area (TPSA) is 75.7 Å². The van der Waals surface area contributed by atoms with Crippen LogP contribution in [0.25, 0.3) is 0 Å². The Bertz CT molecular complexity index is 919. The first-order chi connectivity index (χ1) is 13.7. The second-order valence-corrected chi connectivity index (χ2v) is 8.79. The lowest BCUT2D eigenvalue weighted by Gasteiger charge is -2.27. The van der Waals surface area contributed by atoms with Crippen molar-refractivity contribution < 1.29 is 19.1 Å². The van der Waals surface area contributed by atoms with Crippen LogP contribution in [0.2, 0.25) is 0 Å². The average molecular weight is 413 g/mol. The summed E-state index contributed by atoms with van der Waals surface area (Å²) < 4.78 is 5.07. The molecule has 0 aliphatic carbocycles. The summed E-state index contributed by atoms with van der Waals surface area (Å²) in [5.41, 5.74) is 2.51. The molecule has 0 fully saturated rings. The van der Waals surface area contributed by atoms with Crippen LogP contribution < -0.4 is 10.2 Å². The minimum Gasteiger partial charge on any atom is -0.454 e. The lowest BCUT2D eigenvalue weighted by molar-refractivity contribution is -0.146. The minimum absolute atomic E-state index is 0.0289. The Morgan fingerprint density at radius 3 is 2.48 bits per heavy atom. The van der Waals surface area contributed by atoms with Gasteiger partial charge in [-0.25, -0.2) is 0 Å². The number of anilines is 2. The minimum atomic E-state index is -0.627. The maximum atomic E-state index is 12.2. The van der Waals surface area contributed by atoms with Crippen LogP contribution in [0.5, 0.6) is 0 Å². The van der Waals surface area contributed by atoms with E-state index >= 15 is 0 Å². The third-order valence-corrected chi connectivity index (χ3v) is 5.54. The van der Waals surface area contributed by atoms with Crippen LogP contribution in [0.4, 0.5) is 11.4 Å². The third kappa shape index (κ3) is 5.38. The van der Waals surface area contributed by atoms with E-state index < -0.39 is 18.5 Å². The van der Waals surface area contributed by atoms with E-state index in [0.29, 0.717) is 11.4 Å². The van der Waals surface area contributed by atoms with E-state index in [-0.39, 0.29) is 23.6 Å². The Morgan fingerprint density at radius 2 is 1.79 bits per heavy atom. The summed E-state index contributed by atoms with van der Waals surface area (Å²) >= 11 is 1.44. The van der Waals surface area contributed by atoms with E-state index in [4.69, 9.17) is 4.74 Å². The van der Waals surface area contributed by atoms with Crippen molar-refractivity contribution in [2.45, 2.75) is 31.1 Å². The first kappa shape index (κ1) is 20.9. The van der Waals surface area contributed by atoms with E-state index in [1.165, 1.54) is 16.7 Å². The monoisotopic (exact) mass is 412 g/mol. The molecule has 1 aliphatic heterocycles. The van der Waals surface area contributed by atoms with Crippen molar-refractivity contribution in [3.8, 4) is 0 Å². The number of thioether (sulfide) groups is 1. The molecule has 7 heteroatoms. The van der Waals surface area contributed by atoms with Crippen molar-refractivity contribution in [3.63, 3.8) is 0 Å². The number of hydrogen-bond acceptors (Lipinski definition) is 5. The van der Waals surface area contributed by atoms with E-state index in [1.807, 2.05) is 42.5 Å². The van der Waals surface area contributed by atoms with E-state index in [1.54, 1.807) is 6.07 Å². The molecule has 1 heterocycles. The van der Waals surface area contributed by atoms with Gasteiger partial charge < -0.3 is 10.1 Å². The van der Waals surface area contributed by atoms with Gasteiger partial charge in [0, 0.05) is 10.6 Å². The first-order valence-corrected chi connectivity index (χ1v) is 10.3. The van der Waals surface area contributed by atoms with Gasteiger partial charge in [0.05, 0.1) is 11.4 Å². The van der Waals surface area contributed by atoms with Crippen LogP contribution in [-0.4, -0.2) is 36.7 Å². The zero-order valence-electron chi connectivity index (χ0n) is 16.7. The molecule has 2 amide bonds. The summed E-state index contributed by atoms with van der Waals surface area (Å²) in [6.45, 7) is 5.72. The lowest BCUT2D eigenvalue weighted by atomic mass is 9.87. The summed E-state index contributed by atoms with van der Waals surface area (Å²) in [6.07, 6.45) is 0. The fraction of sp³-hybridized carbons (Fsp3) is 0.318. The Morgan fingerprint density at radius 1 is 1.10 bits per heavy atom. The van der Waals surface area contributed by atoms with E-state index in [0.717, 1.165) is 10.5 Å². The molecule has 2 aromatic carbocycles. The molecule has 0 atom stereocenters. The predicted octanol–water partition coefficient (Wildman–Crippen LogP) is 3.60. The Hall–Kier alpha value is -2.80. The van der Waals surface area contributed by atoms with Gasteiger partial charge in [0.15, 0.2) is 6.61 Å². The van der Waals surface area contributed by atoms with Crippen LogP contribution in [0.1, 0.15) is 26.3 Å². The number of benzene rings is 2. The molecule has 0 aromatic heterocycles. The summed E-state index contributed by atoms with van der Waals surface area (Å²) in [6, 6.07) is 15.0. The van der Waals surface area contributed by atoms with Crippen molar-refractivity contribution in [3.05, 3.63) is 54.1 Å². The number of carbonyl (C=O) groups is 3. The van der Waals surface area contributed by atoms with Gasteiger partial charge in [-0.2, -0.15) is 0 Å². The number of nitrogens with one attached hydrogen (secondary N) is 1. The molecule has 0 spiro atoms. The smallest absolute Gasteiger partial charge is 0.326 e. The van der Waals surface area contributed by atoms with Gasteiger partial charge in [0.1, 0.15) is 6.54 Å². The molecule has 6 nitrogen and oxygen atoms in total. The number of rotatable bonds is 5. The summed E-state index contributed by atoms with van der Waals surface area (Å²) in [5.74, 6) is -0.940. The summed E-state index contributed by atoms with van der Waals surface area (Å²) in [7, 11) is 0. The first-order valence-electron chi connectivity index (χ1n) is 9.32. The second-order valence-electron chi connectivity index (χ2n) is 7.77. The molecular weight excluding hydrogens is 388 g/mol. The number of amides is 2. The molecular formula is C22H24N2O4S. The van der Waals surface area contributed by atoms with Crippen molar-refractivity contribution >= 4 is 40.9 Å². The molecule has 152 valence electrons. The highest BCUT2D eigenvalue weighted by Gasteiger charge is 2.27. The van der Waals surface area contributed by atoms with Gasteiger partial charge in [-0.1, -0.05) is 45.0 Å². The third-order valence-electron chi connectivity index (χ3n) is 4.49. The van der Waals surface area contributed by atoms with Gasteiger partial charge in [-0.15, -0.1) is 11.8 Å². The Labute approximate surface area is 174 Å². The van der Waals surface area contributed by atoms with Gasteiger partial charge in [0.25, 0.3) is 5.91 Å². The van der Waals surface area contributed by atoms with Crippen LogP contribution in [0, 0.1) is 0 Å². The number of esters is 1. The highest BCUT2D eigenvalue weighted by atomic mass is 32.2. The van der Waals surface area contributed by atoms with Gasteiger partial charge in [-0.3, -0.25) is 19.3 Å². The molecule has 3 rings (SSSR count). The van der Waals surface area contributed by atoms with Crippen LogP contribution in [-0.2, 0) is 24.5 Å². The fourth-order valence-corrected chi connectivity index (χ4v) is 3.83. The second kappa shape index (κ2) is 8.69. The molecule has 0 saturated heterocycles. The van der Waals surface area contributed by atoms with Crippen LogP contribution >= 0.6 is 11.8 Å². The largest absolute Gasteiger partial charge is 0.454 e.